The maximum absolute atomic E-state index is 12.8. The maximum Gasteiger partial charge on any atom is 0.193 e. The summed E-state index contributed by atoms with van der Waals surface area (Å²) in [6.45, 7) is 0. The normalized spacial score (nSPS) is 11.0. The number of halogens is 1. The van der Waals surface area contributed by atoms with Gasteiger partial charge < -0.3 is 0 Å². The van der Waals surface area contributed by atoms with Gasteiger partial charge >= 0.3 is 0 Å². The second-order valence-corrected chi connectivity index (χ2v) is 8.19. The molecule has 0 fully saturated rings. The van der Waals surface area contributed by atoms with Gasteiger partial charge in [0.25, 0.3) is 0 Å². The van der Waals surface area contributed by atoms with Crippen molar-refractivity contribution >= 4 is 27.2 Å². The number of hydrogen-bond donors (Lipinski definition) is 0. The van der Waals surface area contributed by atoms with Crippen molar-refractivity contribution in [1.29, 1.82) is 5.26 Å². The number of ketones is 1. The van der Waals surface area contributed by atoms with Crippen molar-refractivity contribution in [2.45, 2.75) is 10.6 Å². The summed E-state index contributed by atoms with van der Waals surface area (Å²) in [6.07, 6.45) is 2.98. The van der Waals surface area contributed by atoms with Crippen molar-refractivity contribution in [2.24, 2.45) is 0 Å². The molecule has 0 aliphatic rings. The number of nitriles is 1. The van der Waals surface area contributed by atoms with Gasteiger partial charge in [-0.25, -0.2) is 8.42 Å². The fourth-order valence-corrected chi connectivity index (χ4v) is 4.18. The van der Waals surface area contributed by atoms with Gasteiger partial charge in [0, 0.05) is 28.5 Å². The highest BCUT2D eigenvalue weighted by molar-refractivity contribution is 7.90. The van der Waals surface area contributed by atoms with E-state index in [1.54, 1.807) is 18.2 Å². The second-order valence-electron chi connectivity index (χ2n) is 5.77. The van der Waals surface area contributed by atoms with E-state index in [1.165, 1.54) is 48.8 Å². The number of aromatic nitrogens is 1. The van der Waals surface area contributed by atoms with Gasteiger partial charge in [-0.2, -0.15) is 5.26 Å². The van der Waals surface area contributed by atoms with E-state index in [0.29, 0.717) is 16.1 Å². The van der Waals surface area contributed by atoms with Crippen LogP contribution < -0.4 is 0 Å². The van der Waals surface area contributed by atoms with Crippen LogP contribution in [0, 0.1) is 11.3 Å². The van der Waals surface area contributed by atoms with Gasteiger partial charge in [0.05, 0.1) is 22.3 Å². The SMILES string of the molecule is N#Cc1cccc(S(=O)(=O)Cc2ccc(Cl)cc2C(=O)c2ccncc2)c1. The number of rotatable bonds is 5. The van der Waals surface area contributed by atoms with Crippen molar-refractivity contribution in [3.05, 3.63) is 94.3 Å². The summed E-state index contributed by atoms with van der Waals surface area (Å²) in [5.41, 5.74) is 1.19. The predicted octanol–water partition coefficient (Wildman–Crippen LogP) is 3.81. The zero-order valence-electron chi connectivity index (χ0n) is 14.0. The highest BCUT2D eigenvalue weighted by Gasteiger charge is 2.21. The lowest BCUT2D eigenvalue weighted by Crippen LogP contribution is -2.11. The molecule has 0 spiro atoms. The average molecular weight is 397 g/mol. The quantitative estimate of drug-likeness (QED) is 0.612. The summed E-state index contributed by atoms with van der Waals surface area (Å²) in [5, 5.41) is 9.32. The van der Waals surface area contributed by atoms with E-state index in [-0.39, 0.29) is 27.6 Å². The lowest BCUT2D eigenvalue weighted by Gasteiger charge is -2.11. The summed E-state index contributed by atoms with van der Waals surface area (Å²) in [4.78, 5) is 16.7. The van der Waals surface area contributed by atoms with Crippen LogP contribution in [0.2, 0.25) is 5.02 Å². The van der Waals surface area contributed by atoms with Crippen molar-refractivity contribution in [1.82, 2.24) is 4.98 Å². The van der Waals surface area contributed by atoms with Crippen LogP contribution in [0.25, 0.3) is 0 Å². The number of sulfone groups is 1. The molecule has 0 aliphatic heterocycles. The van der Waals surface area contributed by atoms with Crippen molar-refractivity contribution in [3.8, 4) is 6.07 Å². The Balaban J connectivity index is 2.02. The van der Waals surface area contributed by atoms with Crippen LogP contribution in [0.3, 0.4) is 0 Å². The third-order valence-corrected chi connectivity index (χ3v) is 5.83. The van der Waals surface area contributed by atoms with E-state index in [9.17, 15) is 13.2 Å². The fourth-order valence-electron chi connectivity index (χ4n) is 2.59. The summed E-state index contributed by atoms with van der Waals surface area (Å²) < 4.78 is 25.6. The molecule has 0 unspecified atom stereocenters. The van der Waals surface area contributed by atoms with Gasteiger partial charge in [-0.1, -0.05) is 23.7 Å². The number of carbonyl (C=O) groups excluding carboxylic acids is 1. The topological polar surface area (TPSA) is 87.9 Å². The largest absolute Gasteiger partial charge is 0.289 e. The smallest absolute Gasteiger partial charge is 0.193 e. The van der Waals surface area contributed by atoms with Gasteiger partial charge in [0.1, 0.15) is 0 Å². The first-order valence-corrected chi connectivity index (χ1v) is 9.90. The van der Waals surface area contributed by atoms with Crippen LogP contribution in [-0.4, -0.2) is 19.2 Å². The first-order chi connectivity index (χ1) is 12.9. The summed E-state index contributed by atoms with van der Waals surface area (Å²) in [6, 6.07) is 15.3. The van der Waals surface area contributed by atoms with Crippen LogP contribution in [0.5, 0.6) is 0 Å². The lowest BCUT2D eigenvalue weighted by molar-refractivity contribution is 0.103. The standard InChI is InChI=1S/C20H13ClN2O3S/c21-17-5-4-16(19(11-17)20(24)15-6-8-23-9-7-15)13-27(25,26)18-3-1-2-14(10-18)12-22/h1-11H,13H2. The maximum atomic E-state index is 12.8. The lowest BCUT2D eigenvalue weighted by atomic mass is 10.00. The van der Waals surface area contributed by atoms with Gasteiger partial charge in [-0.05, 0) is 48.0 Å². The molecule has 0 atom stereocenters. The van der Waals surface area contributed by atoms with Gasteiger partial charge in [0.2, 0.25) is 0 Å². The molecule has 7 heteroatoms. The van der Waals surface area contributed by atoms with Crippen LogP contribution >= 0.6 is 11.6 Å². The molecule has 0 amide bonds. The number of benzene rings is 2. The fraction of sp³-hybridized carbons (Fsp3) is 0.0500. The summed E-state index contributed by atoms with van der Waals surface area (Å²) in [5.74, 6) is -0.721. The average Bonchev–Trinajstić information content (AvgIpc) is 2.69. The molecule has 3 aromatic rings. The molecular weight excluding hydrogens is 384 g/mol. The van der Waals surface area contributed by atoms with Gasteiger partial charge in [0.15, 0.2) is 15.6 Å². The zero-order valence-corrected chi connectivity index (χ0v) is 15.5. The minimum absolute atomic E-state index is 0.0267. The highest BCUT2D eigenvalue weighted by Crippen LogP contribution is 2.24. The monoisotopic (exact) mass is 396 g/mol. The van der Waals surface area contributed by atoms with E-state index in [4.69, 9.17) is 16.9 Å². The molecule has 0 radical (unpaired) electrons. The molecule has 134 valence electrons. The first-order valence-electron chi connectivity index (χ1n) is 7.87. The van der Waals surface area contributed by atoms with Crippen LogP contribution in [0.4, 0.5) is 0 Å². The molecule has 0 bridgehead atoms. The van der Waals surface area contributed by atoms with E-state index in [1.807, 2.05) is 6.07 Å². The second kappa shape index (κ2) is 7.70. The van der Waals surface area contributed by atoms with E-state index >= 15 is 0 Å². The van der Waals surface area contributed by atoms with Crippen molar-refractivity contribution in [2.75, 3.05) is 0 Å². The molecular formula is C20H13ClN2O3S. The minimum Gasteiger partial charge on any atom is -0.289 e. The highest BCUT2D eigenvalue weighted by atomic mass is 35.5. The number of hydrogen-bond acceptors (Lipinski definition) is 5. The minimum atomic E-state index is -3.76. The Morgan fingerprint density at radius 1 is 1.07 bits per heavy atom. The number of pyridine rings is 1. The third-order valence-electron chi connectivity index (χ3n) is 3.93. The summed E-state index contributed by atoms with van der Waals surface area (Å²) >= 11 is 6.03. The zero-order chi connectivity index (χ0) is 19.4. The van der Waals surface area contributed by atoms with E-state index in [2.05, 4.69) is 4.98 Å². The van der Waals surface area contributed by atoms with Crippen LogP contribution in [-0.2, 0) is 15.6 Å². The molecule has 2 aromatic carbocycles. The molecule has 5 nitrogen and oxygen atoms in total. The van der Waals surface area contributed by atoms with Gasteiger partial charge in [-0.15, -0.1) is 0 Å². The predicted molar refractivity (Wildman–Crippen MR) is 101 cm³/mol. The molecule has 0 saturated carbocycles. The van der Waals surface area contributed by atoms with E-state index < -0.39 is 9.84 Å². The Labute approximate surface area is 161 Å². The molecule has 1 aromatic heterocycles. The first kappa shape index (κ1) is 18.8. The van der Waals surface area contributed by atoms with Crippen molar-refractivity contribution in [3.63, 3.8) is 0 Å². The van der Waals surface area contributed by atoms with Crippen molar-refractivity contribution < 1.29 is 13.2 Å². The van der Waals surface area contributed by atoms with Crippen LogP contribution in [0.15, 0.2) is 71.9 Å². The Hall–Kier alpha value is -3.01. The molecule has 3 rings (SSSR count). The Kier molecular flexibility index (Phi) is 5.36. The molecule has 1 heterocycles. The molecule has 0 N–H and O–H groups in total. The summed E-state index contributed by atoms with van der Waals surface area (Å²) in [7, 11) is -3.76. The number of nitrogens with zero attached hydrogens (tertiary/aromatic N) is 2. The van der Waals surface area contributed by atoms with Crippen LogP contribution in [0.1, 0.15) is 27.0 Å². The number of carbonyl (C=O) groups is 1. The molecule has 0 aliphatic carbocycles. The Morgan fingerprint density at radius 3 is 2.52 bits per heavy atom. The third kappa shape index (κ3) is 4.22. The Morgan fingerprint density at radius 2 is 1.81 bits per heavy atom. The van der Waals surface area contributed by atoms with E-state index in [0.717, 1.165) is 0 Å². The molecule has 27 heavy (non-hydrogen) atoms. The van der Waals surface area contributed by atoms with Gasteiger partial charge in [-0.3, -0.25) is 9.78 Å². The molecule has 0 saturated heterocycles. The Bertz CT molecular complexity index is 1150.